The fraction of sp³-hybridized carbons (Fsp3) is 0.0952. The molecule has 0 spiro atoms. The second kappa shape index (κ2) is 7.70. The van der Waals surface area contributed by atoms with Gasteiger partial charge in [-0.3, -0.25) is 19.5 Å². The number of carbonyl (C=O) groups is 1. The SMILES string of the molecule is Cc1c(F)cc(C(=O)NCc2ccc(-n3cnc4ccccc43)nc2)cc1[N+](=O)[O-]. The molecule has 1 N–H and O–H groups in total. The Hall–Kier alpha value is -4.14. The van der Waals surface area contributed by atoms with E-state index in [4.69, 9.17) is 0 Å². The number of nitrogens with zero attached hydrogens (tertiary/aromatic N) is 4. The van der Waals surface area contributed by atoms with Gasteiger partial charge in [0.2, 0.25) is 0 Å². The molecule has 0 saturated carbocycles. The predicted octanol–water partition coefficient (Wildman–Crippen LogP) is 3.71. The zero-order chi connectivity index (χ0) is 21.3. The van der Waals surface area contributed by atoms with Crippen LogP contribution in [0.4, 0.5) is 10.1 Å². The number of hydrogen-bond acceptors (Lipinski definition) is 5. The highest BCUT2D eigenvalue weighted by atomic mass is 19.1. The molecule has 2 heterocycles. The molecule has 0 radical (unpaired) electrons. The van der Waals surface area contributed by atoms with Crippen LogP contribution >= 0.6 is 0 Å². The molecule has 0 aliphatic carbocycles. The van der Waals surface area contributed by atoms with Crippen LogP contribution in [0.1, 0.15) is 21.5 Å². The zero-order valence-electron chi connectivity index (χ0n) is 15.9. The highest BCUT2D eigenvalue weighted by molar-refractivity contribution is 5.95. The summed E-state index contributed by atoms with van der Waals surface area (Å²) in [6.07, 6.45) is 3.30. The third kappa shape index (κ3) is 3.60. The topological polar surface area (TPSA) is 103 Å². The highest BCUT2D eigenvalue weighted by Gasteiger charge is 2.19. The van der Waals surface area contributed by atoms with Crippen molar-refractivity contribution in [1.82, 2.24) is 19.9 Å². The minimum Gasteiger partial charge on any atom is -0.348 e. The number of carbonyl (C=O) groups excluding carboxylic acids is 1. The van der Waals surface area contributed by atoms with Gasteiger partial charge in [0, 0.05) is 24.4 Å². The average Bonchev–Trinajstić information content (AvgIpc) is 3.18. The Morgan fingerprint density at radius 3 is 2.73 bits per heavy atom. The third-order valence-electron chi connectivity index (χ3n) is 4.74. The van der Waals surface area contributed by atoms with E-state index >= 15 is 0 Å². The second-order valence-electron chi connectivity index (χ2n) is 6.67. The van der Waals surface area contributed by atoms with Gasteiger partial charge in [-0.05, 0) is 36.8 Å². The van der Waals surface area contributed by atoms with Crippen LogP contribution in [-0.2, 0) is 6.54 Å². The van der Waals surface area contributed by atoms with Crippen LogP contribution in [0.5, 0.6) is 0 Å². The van der Waals surface area contributed by atoms with Crippen LogP contribution in [-0.4, -0.2) is 25.4 Å². The van der Waals surface area contributed by atoms with Gasteiger partial charge in [0.15, 0.2) is 0 Å². The number of nitro benzene ring substituents is 1. The molecular formula is C21H16FN5O3. The third-order valence-corrected chi connectivity index (χ3v) is 4.74. The van der Waals surface area contributed by atoms with Crippen LogP contribution in [0.2, 0.25) is 0 Å². The van der Waals surface area contributed by atoms with E-state index in [1.165, 1.54) is 6.92 Å². The van der Waals surface area contributed by atoms with Gasteiger partial charge >= 0.3 is 0 Å². The molecule has 150 valence electrons. The number of fused-ring (bicyclic) bond motifs is 1. The van der Waals surface area contributed by atoms with E-state index in [9.17, 15) is 19.3 Å². The van der Waals surface area contributed by atoms with E-state index in [-0.39, 0.29) is 17.7 Å². The molecule has 0 aliphatic heterocycles. The summed E-state index contributed by atoms with van der Waals surface area (Å²) in [5.41, 5.74) is 1.85. The maximum atomic E-state index is 13.9. The zero-order valence-corrected chi connectivity index (χ0v) is 15.9. The van der Waals surface area contributed by atoms with Gasteiger partial charge in [0.25, 0.3) is 11.6 Å². The quantitative estimate of drug-likeness (QED) is 0.403. The largest absolute Gasteiger partial charge is 0.348 e. The fourth-order valence-electron chi connectivity index (χ4n) is 3.07. The number of imidazole rings is 1. The molecule has 0 unspecified atom stereocenters. The van der Waals surface area contributed by atoms with Crippen LogP contribution in [0, 0.1) is 22.9 Å². The van der Waals surface area contributed by atoms with E-state index in [1.54, 1.807) is 24.7 Å². The molecule has 0 saturated heterocycles. The predicted molar refractivity (Wildman–Crippen MR) is 108 cm³/mol. The smallest absolute Gasteiger partial charge is 0.276 e. The number of nitrogens with one attached hydrogen (secondary N) is 1. The van der Waals surface area contributed by atoms with Crippen molar-refractivity contribution in [3.8, 4) is 5.82 Å². The van der Waals surface area contributed by atoms with E-state index in [1.807, 2.05) is 28.8 Å². The summed E-state index contributed by atoms with van der Waals surface area (Å²) in [5.74, 6) is -0.732. The summed E-state index contributed by atoms with van der Waals surface area (Å²) in [6, 6.07) is 13.3. The molecule has 30 heavy (non-hydrogen) atoms. The second-order valence-corrected chi connectivity index (χ2v) is 6.67. The van der Waals surface area contributed by atoms with Gasteiger partial charge in [-0.1, -0.05) is 18.2 Å². The summed E-state index contributed by atoms with van der Waals surface area (Å²) in [6.45, 7) is 1.44. The first-order chi connectivity index (χ1) is 14.4. The number of nitro groups is 1. The fourth-order valence-corrected chi connectivity index (χ4v) is 3.07. The number of halogens is 1. The number of pyridine rings is 1. The maximum Gasteiger partial charge on any atom is 0.276 e. The van der Waals surface area contributed by atoms with Gasteiger partial charge in [-0.2, -0.15) is 0 Å². The van der Waals surface area contributed by atoms with E-state index in [0.717, 1.165) is 28.7 Å². The van der Waals surface area contributed by atoms with Gasteiger partial charge in [0.1, 0.15) is 18.0 Å². The van der Waals surface area contributed by atoms with Crippen LogP contribution in [0.25, 0.3) is 16.9 Å². The monoisotopic (exact) mass is 405 g/mol. The molecule has 2 aromatic heterocycles. The minimum absolute atomic E-state index is 0.108. The lowest BCUT2D eigenvalue weighted by molar-refractivity contribution is -0.385. The Morgan fingerprint density at radius 1 is 1.20 bits per heavy atom. The van der Waals surface area contributed by atoms with Gasteiger partial charge in [-0.25, -0.2) is 14.4 Å². The summed E-state index contributed by atoms with van der Waals surface area (Å²) in [4.78, 5) is 31.4. The maximum absolute atomic E-state index is 13.9. The summed E-state index contributed by atoms with van der Waals surface area (Å²) in [7, 11) is 0. The molecule has 4 aromatic rings. The van der Waals surface area contributed by atoms with E-state index < -0.39 is 22.3 Å². The molecule has 1 amide bonds. The highest BCUT2D eigenvalue weighted by Crippen LogP contribution is 2.23. The lowest BCUT2D eigenvalue weighted by atomic mass is 10.1. The number of aromatic nitrogens is 3. The van der Waals surface area contributed by atoms with Gasteiger partial charge in [0.05, 0.1) is 21.5 Å². The molecule has 0 aliphatic rings. The van der Waals surface area contributed by atoms with Gasteiger partial charge < -0.3 is 5.32 Å². The molecular weight excluding hydrogens is 389 g/mol. The van der Waals surface area contributed by atoms with Gasteiger partial charge in [-0.15, -0.1) is 0 Å². The summed E-state index contributed by atoms with van der Waals surface area (Å²) >= 11 is 0. The van der Waals surface area contributed by atoms with Crippen molar-refractivity contribution < 1.29 is 14.1 Å². The van der Waals surface area contributed by atoms with Crippen molar-refractivity contribution in [1.29, 1.82) is 0 Å². The Balaban J connectivity index is 1.48. The summed E-state index contributed by atoms with van der Waals surface area (Å²) < 4.78 is 15.8. The Kier molecular flexibility index (Phi) is 4.93. The number of amides is 1. The Morgan fingerprint density at radius 2 is 2.00 bits per heavy atom. The first-order valence-corrected chi connectivity index (χ1v) is 9.04. The van der Waals surface area contributed by atoms with Crippen LogP contribution in [0.15, 0.2) is 61.1 Å². The molecule has 0 bridgehead atoms. The summed E-state index contributed by atoms with van der Waals surface area (Å²) in [5, 5.41) is 13.7. The standard InChI is InChI=1S/C21H16FN5O3/c1-13-16(22)8-15(9-19(13)27(29)30)21(28)24-11-14-6-7-20(23-10-14)26-12-25-17-4-2-3-5-18(17)26/h2-10,12H,11H2,1H3,(H,24,28). The van der Waals surface area contributed by atoms with E-state index in [0.29, 0.717) is 5.82 Å². The molecule has 4 rings (SSSR count). The van der Waals surface area contributed by atoms with Crippen molar-refractivity contribution in [3.05, 3.63) is 93.7 Å². The van der Waals surface area contributed by atoms with Crippen LogP contribution in [0.3, 0.4) is 0 Å². The first kappa shape index (κ1) is 19.2. The number of para-hydroxylation sites is 2. The van der Waals surface area contributed by atoms with Crippen molar-refractivity contribution in [2.45, 2.75) is 13.5 Å². The molecule has 0 atom stereocenters. The number of benzene rings is 2. The average molecular weight is 405 g/mol. The normalized spacial score (nSPS) is 10.9. The lowest BCUT2D eigenvalue weighted by Crippen LogP contribution is -2.23. The number of rotatable bonds is 5. The molecule has 8 nitrogen and oxygen atoms in total. The first-order valence-electron chi connectivity index (χ1n) is 9.04. The van der Waals surface area contributed by atoms with Crippen molar-refractivity contribution in [2.24, 2.45) is 0 Å². The Bertz CT molecular complexity index is 1270. The van der Waals surface area contributed by atoms with E-state index in [2.05, 4.69) is 15.3 Å². The van der Waals surface area contributed by atoms with Crippen molar-refractivity contribution in [3.63, 3.8) is 0 Å². The Labute approximate surface area is 170 Å². The number of hydrogen-bond donors (Lipinski definition) is 1. The molecule has 2 aromatic carbocycles. The lowest BCUT2D eigenvalue weighted by Gasteiger charge is -2.08. The minimum atomic E-state index is -0.798. The molecule has 0 fully saturated rings. The molecule has 9 heteroatoms. The van der Waals surface area contributed by atoms with Crippen molar-refractivity contribution in [2.75, 3.05) is 0 Å². The van der Waals surface area contributed by atoms with Crippen molar-refractivity contribution >= 4 is 22.6 Å². The van der Waals surface area contributed by atoms with Crippen LogP contribution < -0.4 is 5.32 Å².